The molecule has 0 aromatic heterocycles. The number of hydrogen-bond acceptors (Lipinski definition) is 4. The predicted molar refractivity (Wildman–Crippen MR) is 79.3 cm³/mol. The summed E-state index contributed by atoms with van der Waals surface area (Å²) in [7, 11) is 0. The highest BCUT2D eigenvalue weighted by Gasteiger charge is 2.09. The van der Waals surface area contributed by atoms with Crippen LogP contribution in [0.3, 0.4) is 0 Å². The second-order valence-corrected chi connectivity index (χ2v) is 5.74. The van der Waals surface area contributed by atoms with Crippen LogP contribution >= 0.6 is 23.4 Å². The van der Waals surface area contributed by atoms with E-state index in [0.717, 1.165) is 15.4 Å². The third-order valence-electron chi connectivity index (χ3n) is 2.71. The Labute approximate surface area is 125 Å². The molecule has 0 radical (unpaired) electrons. The van der Waals surface area contributed by atoms with E-state index in [0.29, 0.717) is 5.02 Å². The summed E-state index contributed by atoms with van der Waals surface area (Å²) in [5.41, 5.74) is 0.813. The van der Waals surface area contributed by atoms with Crippen LogP contribution in [0.15, 0.2) is 52.3 Å². The third-order valence-corrected chi connectivity index (χ3v) is 4.22. The van der Waals surface area contributed by atoms with Gasteiger partial charge in [-0.15, -0.1) is 0 Å². The smallest absolute Gasteiger partial charge is 0.269 e. The van der Waals surface area contributed by atoms with Gasteiger partial charge in [-0.1, -0.05) is 29.4 Å². The Morgan fingerprint density at radius 3 is 2.40 bits per heavy atom. The summed E-state index contributed by atoms with van der Waals surface area (Å²) in [6.07, 6.45) is -0.564. The standard InChI is InChI=1S/C14H12ClNO3S/c1-9(17)10-2-7-14(13(15)8-10)20-12-5-3-11(4-6-12)16(18)19/h2-9,17H,1H3. The maximum absolute atomic E-state index is 10.6. The molecule has 1 N–H and O–H groups in total. The molecule has 4 nitrogen and oxygen atoms in total. The maximum atomic E-state index is 10.6. The van der Waals surface area contributed by atoms with Gasteiger partial charge in [-0.2, -0.15) is 0 Å². The molecule has 0 fully saturated rings. The van der Waals surface area contributed by atoms with E-state index in [4.69, 9.17) is 11.6 Å². The van der Waals surface area contributed by atoms with E-state index < -0.39 is 11.0 Å². The first-order chi connectivity index (χ1) is 9.47. The average molecular weight is 310 g/mol. The van der Waals surface area contributed by atoms with Gasteiger partial charge in [-0.05, 0) is 36.8 Å². The average Bonchev–Trinajstić information content (AvgIpc) is 2.41. The highest BCUT2D eigenvalue weighted by molar-refractivity contribution is 7.99. The third kappa shape index (κ3) is 3.50. The van der Waals surface area contributed by atoms with Gasteiger partial charge < -0.3 is 5.11 Å². The first-order valence-corrected chi connectivity index (χ1v) is 7.06. The lowest BCUT2D eigenvalue weighted by Crippen LogP contribution is -1.91. The molecule has 0 saturated carbocycles. The van der Waals surface area contributed by atoms with E-state index in [9.17, 15) is 15.2 Å². The highest BCUT2D eigenvalue weighted by Crippen LogP contribution is 2.35. The molecule has 2 aromatic carbocycles. The van der Waals surface area contributed by atoms with Crippen molar-refractivity contribution in [2.45, 2.75) is 22.8 Å². The van der Waals surface area contributed by atoms with Gasteiger partial charge in [0.25, 0.3) is 5.69 Å². The highest BCUT2D eigenvalue weighted by atomic mass is 35.5. The molecule has 104 valence electrons. The number of nitrogens with zero attached hydrogens (tertiary/aromatic N) is 1. The van der Waals surface area contributed by atoms with Crippen molar-refractivity contribution in [2.75, 3.05) is 0 Å². The van der Waals surface area contributed by atoms with Crippen molar-refractivity contribution in [1.82, 2.24) is 0 Å². The molecule has 1 atom stereocenters. The minimum Gasteiger partial charge on any atom is -0.389 e. The molecule has 6 heteroatoms. The number of aliphatic hydroxyl groups excluding tert-OH is 1. The summed E-state index contributed by atoms with van der Waals surface area (Å²) in [4.78, 5) is 11.8. The van der Waals surface area contributed by atoms with Crippen molar-refractivity contribution in [3.8, 4) is 0 Å². The Morgan fingerprint density at radius 1 is 1.25 bits per heavy atom. The number of halogens is 1. The van der Waals surface area contributed by atoms with E-state index in [-0.39, 0.29) is 5.69 Å². The van der Waals surface area contributed by atoms with Gasteiger partial charge in [0.05, 0.1) is 16.0 Å². The van der Waals surface area contributed by atoms with Gasteiger partial charge in [-0.25, -0.2) is 0 Å². The maximum Gasteiger partial charge on any atom is 0.269 e. The van der Waals surface area contributed by atoms with Crippen LogP contribution in [-0.4, -0.2) is 10.0 Å². The van der Waals surface area contributed by atoms with Crippen LogP contribution in [0.2, 0.25) is 5.02 Å². The molecule has 0 spiro atoms. The van der Waals surface area contributed by atoms with Crippen LogP contribution in [0.4, 0.5) is 5.69 Å². The number of hydrogen-bond donors (Lipinski definition) is 1. The molecule has 0 heterocycles. The summed E-state index contributed by atoms with van der Waals surface area (Å²) in [5.74, 6) is 0. The summed E-state index contributed by atoms with van der Waals surface area (Å²) in [6.45, 7) is 1.68. The van der Waals surface area contributed by atoms with Gasteiger partial charge in [0.15, 0.2) is 0 Å². The molecule has 0 aliphatic rings. The molecule has 20 heavy (non-hydrogen) atoms. The van der Waals surface area contributed by atoms with Crippen LogP contribution in [0.5, 0.6) is 0 Å². The first kappa shape index (κ1) is 14.8. The minimum absolute atomic E-state index is 0.0601. The fraction of sp³-hybridized carbons (Fsp3) is 0.143. The number of nitro groups is 1. The van der Waals surface area contributed by atoms with E-state index >= 15 is 0 Å². The fourth-order valence-corrected chi connectivity index (χ4v) is 2.75. The number of nitro benzene ring substituents is 1. The Hall–Kier alpha value is -1.56. The van der Waals surface area contributed by atoms with Crippen molar-refractivity contribution in [1.29, 1.82) is 0 Å². The van der Waals surface area contributed by atoms with Crippen molar-refractivity contribution < 1.29 is 10.0 Å². The summed E-state index contributed by atoms with van der Waals surface area (Å²) in [6, 6.07) is 11.6. The Bertz CT molecular complexity index is 629. The quantitative estimate of drug-likeness (QED) is 0.669. The van der Waals surface area contributed by atoms with Crippen LogP contribution in [0.25, 0.3) is 0 Å². The summed E-state index contributed by atoms with van der Waals surface area (Å²) in [5, 5.41) is 20.6. The molecule has 0 aliphatic heterocycles. The molecular formula is C14H12ClNO3S. The van der Waals surface area contributed by atoms with E-state index in [1.807, 2.05) is 12.1 Å². The second-order valence-electron chi connectivity index (χ2n) is 4.22. The molecule has 0 aliphatic carbocycles. The number of benzene rings is 2. The van der Waals surface area contributed by atoms with Crippen molar-refractivity contribution in [2.24, 2.45) is 0 Å². The fourth-order valence-electron chi connectivity index (χ4n) is 1.62. The lowest BCUT2D eigenvalue weighted by atomic mass is 10.1. The zero-order valence-corrected chi connectivity index (χ0v) is 12.2. The van der Waals surface area contributed by atoms with E-state index in [1.54, 1.807) is 25.1 Å². The van der Waals surface area contributed by atoms with Gasteiger partial charge in [0.2, 0.25) is 0 Å². The Kier molecular flexibility index (Phi) is 4.65. The first-order valence-electron chi connectivity index (χ1n) is 5.87. The summed E-state index contributed by atoms with van der Waals surface area (Å²) < 4.78 is 0. The van der Waals surface area contributed by atoms with Crippen LogP contribution in [-0.2, 0) is 0 Å². The molecule has 2 aromatic rings. The molecule has 1 unspecified atom stereocenters. The number of aliphatic hydroxyl groups is 1. The molecule has 0 amide bonds. The zero-order chi connectivity index (χ0) is 14.7. The van der Waals surface area contributed by atoms with Crippen molar-refractivity contribution in [3.05, 3.63) is 63.2 Å². The van der Waals surface area contributed by atoms with Gasteiger partial charge in [-0.3, -0.25) is 10.1 Å². The molecule has 0 bridgehead atoms. The molecular weight excluding hydrogens is 298 g/mol. The summed E-state index contributed by atoms with van der Waals surface area (Å²) >= 11 is 7.58. The van der Waals surface area contributed by atoms with Gasteiger partial charge in [0, 0.05) is 21.9 Å². The monoisotopic (exact) mass is 309 g/mol. The number of non-ortho nitro benzene ring substituents is 1. The van der Waals surface area contributed by atoms with Crippen molar-refractivity contribution >= 4 is 29.1 Å². The topological polar surface area (TPSA) is 63.4 Å². The number of rotatable bonds is 4. The normalized spacial score (nSPS) is 12.2. The lowest BCUT2D eigenvalue weighted by Gasteiger charge is -2.08. The Morgan fingerprint density at radius 2 is 1.90 bits per heavy atom. The van der Waals surface area contributed by atoms with E-state index in [2.05, 4.69) is 0 Å². The zero-order valence-electron chi connectivity index (χ0n) is 10.6. The van der Waals surface area contributed by atoms with Gasteiger partial charge in [0.1, 0.15) is 0 Å². The largest absolute Gasteiger partial charge is 0.389 e. The molecule has 2 rings (SSSR count). The SMILES string of the molecule is CC(O)c1ccc(Sc2ccc([N+](=O)[O-])cc2)c(Cl)c1. The predicted octanol–water partition coefficient (Wildman–Crippen LogP) is 4.45. The van der Waals surface area contributed by atoms with Gasteiger partial charge >= 0.3 is 0 Å². The van der Waals surface area contributed by atoms with Crippen molar-refractivity contribution in [3.63, 3.8) is 0 Å². The second kappa shape index (κ2) is 6.26. The lowest BCUT2D eigenvalue weighted by molar-refractivity contribution is -0.384. The van der Waals surface area contributed by atoms with Crippen LogP contribution in [0, 0.1) is 10.1 Å². The van der Waals surface area contributed by atoms with E-state index in [1.165, 1.54) is 23.9 Å². The van der Waals surface area contributed by atoms with Crippen LogP contribution in [0.1, 0.15) is 18.6 Å². The van der Waals surface area contributed by atoms with Crippen LogP contribution < -0.4 is 0 Å². The minimum atomic E-state index is -0.564. The molecule has 0 saturated heterocycles. The Balaban J connectivity index is 2.19.